The highest BCUT2D eigenvalue weighted by Crippen LogP contribution is 2.30. The Morgan fingerprint density at radius 2 is 1.89 bits per heavy atom. The molecule has 1 N–H and O–H groups in total. The summed E-state index contributed by atoms with van der Waals surface area (Å²) in [4.78, 5) is 1.90. The lowest BCUT2D eigenvalue weighted by Crippen LogP contribution is -2.40. The first kappa shape index (κ1) is 14.3. The zero-order valence-corrected chi connectivity index (χ0v) is 11.9. The van der Waals surface area contributed by atoms with Crippen LogP contribution in [-0.4, -0.2) is 38.1 Å². The Hall–Kier alpha value is -1.14. The number of hydrogen-bond donors (Lipinski definition) is 1. The Labute approximate surface area is 112 Å². The van der Waals surface area contributed by atoms with Crippen molar-refractivity contribution in [2.75, 3.05) is 29.5 Å². The molecule has 19 heavy (non-hydrogen) atoms. The zero-order valence-electron chi connectivity index (χ0n) is 11.1. The summed E-state index contributed by atoms with van der Waals surface area (Å²) in [5.41, 5.74) is 1.72. The van der Waals surface area contributed by atoms with Gasteiger partial charge in [-0.3, -0.25) is 0 Å². The molecule has 1 aliphatic heterocycles. The minimum absolute atomic E-state index is 0.0999. The van der Waals surface area contributed by atoms with Gasteiger partial charge in [0.05, 0.1) is 17.6 Å². The van der Waals surface area contributed by atoms with E-state index in [4.69, 9.17) is 0 Å². The number of benzene rings is 1. The third kappa shape index (κ3) is 3.06. The Morgan fingerprint density at radius 3 is 2.42 bits per heavy atom. The highest BCUT2D eigenvalue weighted by Gasteiger charge is 2.24. The van der Waals surface area contributed by atoms with Gasteiger partial charge in [0.15, 0.2) is 9.84 Å². The maximum Gasteiger partial charge on any atom is 0.153 e. The Bertz CT molecular complexity index is 570. The van der Waals surface area contributed by atoms with Crippen LogP contribution in [0.1, 0.15) is 24.2 Å². The van der Waals surface area contributed by atoms with E-state index in [9.17, 15) is 17.9 Å². The SMILES string of the molecule is Cc1cc(N2CCS(=O)(=O)CC2)c([C@H](C)O)cc1F. The predicted octanol–water partition coefficient (Wildman–Crippen LogP) is 1.42. The number of halogens is 1. The third-order valence-electron chi connectivity index (χ3n) is 3.44. The molecule has 0 unspecified atom stereocenters. The van der Waals surface area contributed by atoms with E-state index < -0.39 is 15.9 Å². The van der Waals surface area contributed by atoms with Crippen LogP contribution in [-0.2, 0) is 9.84 Å². The van der Waals surface area contributed by atoms with E-state index in [-0.39, 0.29) is 17.3 Å². The quantitative estimate of drug-likeness (QED) is 0.894. The van der Waals surface area contributed by atoms with E-state index in [0.717, 1.165) is 5.69 Å². The summed E-state index contributed by atoms with van der Waals surface area (Å²) in [5, 5.41) is 9.74. The first-order chi connectivity index (χ1) is 8.80. The first-order valence-electron chi connectivity index (χ1n) is 6.23. The highest BCUT2D eigenvalue weighted by atomic mass is 32.2. The summed E-state index contributed by atoms with van der Waals surface area (Å²) < 4.78 is 36.4. The maximum atomic E-state index is 13.6. The Kier molecular flexibility index (Phi) is 3.82. The Morgan fingerprint density at radius 1 is 1.32 bits per heavy atom. The summed E-state index contributed by atoms with van der Waals surface area (Å²) in [5.74, 6) is -0.157. The number of aliphatic hydroxyl groups excluding tert-OH is 1. The van der Waals surface area contributed by atoms with Crippen molar-refractivity contribution in [1.29, 1.82) is 0 Å². The number of rotatable bonds is 2. The fourth-order valence-electron chi connectivity index (χ4n) is 2.24. The van der Waals surface area contributed by atoms with Gasteiger partial charge in [-0.2, -0.15) is 0 Å². The van der Waals surface area contributed by atoms with Crippen molar-refractivity contribution in [3.63, 3.8) is 0 Å². The molecule has 4 nitrogen and oxygen atoms in total. The van der Waals surface area contributed by atoms with E-state index in [2.05, 4.69) is 0 Å². The molecular weight excluding hydrogens is 269 g/mol. The van der Waals surface area contributed by atoms with Crippen LogP contribution in [0.5, 0.6) is 0 Å². The standard InChI is InChI=1S/C13H18FNO3S/c1-9-7-13(11(10(2)16)8-12(9)14)15-3-5-19(17,18)6-4-15/h7-8,10,16H,3-6H2,1-2H3/t10-/m0/s1. The topological polar surface area (TPSA) is 57.6 Å². The molecule has 1 atom stereocenters. The van der Waals surface area contributed by atoms with Gasteiger partial charge in [-0.25, -0.2) is 12.8 Å². The lowest BCUT2D eigenvalue weighted by molar-refractivity contribution is 0.199. The molecule has 106 valence electrons. The lowest BCUT2D eigenvalue weighted by Gasteiger charge is -2.31. The van der Waals surface area contributed by atoms with Gasteiger partial charge in [0.1, 0.15) is 5.82 Å². The largest absolute Gasteiger partial charge is 0.389 e. The van der Waals surface area contributed by atoms with Crippen molar-refractivity contribution >= 4 is 15.5 Å². The molecule has 1 saturated heterocycles. The van der Waals surface area contributed by atoms with E-state index in [1.54, 1.807) is 19.9 Å². The highest BCUT2D eigenvalue weighted by molar-refractivity contribution is 7.91. The average molecular weight is 287 g/mol. The molecule has 6 heteroatoms. The summed E-state index contributed by atoms with van der Waals surface area (Å²) in [6, 6.07) is 3.01. The average Bonchev–Trinajstić information content (AvgIpc) is 2.32. The van der Waals surface area contributed by atoms with Gasteiger partial charge in [-0.15, -0.1) is 0 Å². The molecule has 0 aromatic heterocycles. The number of aliphatic hydroxyl groups is 1. The molecule has 1 aromatic rings. The number of nitrogens with zero attached hydrogens (tertiary/aromatic N) is 1. The van der Waals surface area contributed by atoms with Crippen LogP contribution in [0.2, 0.25) is 0 Å². The molecule has 0 spiro atoms. The second-order valence-corrected chi connectivity index (χ2v) is 7.28. The van der Waals surface area contributed by atoms with Gasteiger partial charge in [-0.05, 0) is 31.5 Å². The van der Waals surface area contributed by atoms with Crippen molar-refractivity contribution in [2.45, 2.75) is 20.0 Å². The molecule has 0 bridgehead atoms. The molecule has 1 fully saturated rings. The summed E-state index contributed by atoms with van der Waals surface area (Å²) in [6.45, 7) is 4.00. The van der Waals surface area contributed by atoms with Crippen LogP contribution in [0.15, 0.2) is 12.1 Å². The van der Waals surface area contributed by atoms with Crippen molar-refractivity contribution < 1.29 is 17.9 Å². The molecule has 1 aliphatic rings. The van der Waals surface area contributed by atoms with Gasteiger partial charge in [0.25, 0.3) is 0 Å². The molecule has 0 aliphatic carbocycles. The second kappa shape index (κ2) is 5.09. The van der Waals surface area contributed by atoms with Gasteiger partial charge in [-0.1, -0.05) is 0 Å². The van der Waals surface area contributed by atoms with Gasteiger partial charge < -0.3 is 10.0 Å². The predicted molar refractivity (Wildman–Crippen MR) is 72.6 cm³/mol. The minimum atomic E-state index is -2.95. The summed E-state index contributed by atoms with van der Waals surface area (Å²) >= 11 is 0. The zero-order chi connectivity index (χ0) is 14.2. The Balaban J connectivity index is 2.36. The molecular formula is C13H18FNO3S. The molecule has 0 radical (unpaired) electrons. The number of anilines is 1. The van der Waals surface area contributed by atoms with Crippen LogP contribution < -0.4 is 4.90 Å². The summed E-state index contributed by atoms with van der Waals surface area (Å²) in [7, 11) is -2.95. The van der Waals surface area contributed by atoms with Crippen LogP contribution >= 0.6 is 0 Å². The van der Waals surface area contributed by atoms with Crippen molar-refractivity contribution in [3.05, 3.63) is 29.1 Å². The molecule has 0 amide bonds. The molecule has 1 heterocycles. The van der Waals surface area contributed by atoms with Crippen LogP contribution in [0.3, 0.4) is 0 Å². The van der Waals surface area contributed by atoms with Gasteiger partial charge in [0.2, 0.25) is 0 Å². The lowest BCUT2D eigenvalue weighted by atomic mass is 10.0. The number of aryl methyl sites for hydroxylation is 1. The molecule has 0 saturated carbocycles. The minimum Gasteiger partial charge on any atom is -0.389 e. The van der Waals surface area contributed by atoms with Crippen LogP contribution in [0.25, 0.3) is 0 Å². The fourth-order valence-corrected chi connectivity index (χ4v) is 3.44. The molecule has 1 aromatic carbocycles. The molecule has 2 rings (SSSR count). The number of sulfone groups is 1. The maximum absolute atomic E-state index is 13.6. The van der Waals surface area contributed by atoms with E-state index in [1.165, 1.54) is 6.07 Å². The van der Waals surface area contributed by atoms with Crippen LogP contribution in [0.4, 0.5) is 10.1 Å². The normalized spacial score (nSPS) is 20.3. The van der Waals surface area contributed by atoms with Gasteiger partial charge in [0, 0.05) is 24.3 Å². The first-order valence-corrected chi connectivity index (χ1v) is 8.06. The van der Waals surface area contributed by atoms with Crippen molar-refractivity contribution in [2.24, 2.45) is 0 Å². The van der Waals surface area contributed by atoms with Crippen LogP contribution in [0, 0.1) is 12.7 Å². The van der Waals surface area contributed by atoms with E-state index in [1.807, 2.05) is 4.90 Å². The smallest absolute Gasteiger partial charge is 0.153 e. The van der Waals surface area contributed by atoms with E-state index >= 15 is 0 Å². The van der Waals surface area contributed by atoms with E-state index in [0.29, 0.717) is 24.2 Å². The monoisotopic (exact) mass is 287 g/mol. The third-order valence-corrected chi connectivity index (χ3v) is 5.05. The second-order valence-electron chi connectivity index (χ2n) is 4.98. The fraction of sp³-hybridized carbons (Fsp3) is 0.538. The van der Waals surface area contributed by atoms with Crippen molar-refractivity contribution in [1.82, 2.24) is 0 Å². The van der Waals surface area contributed by atoms with Crippen molar-refractivity contribution in [3.8, 4) is 0 Å². The van der Waals surface area contributed by atoms with Gasteiger partial charge >= 0.3 is 0 Å². The number of hydrogen-bond acceptors (Lipinski definition) is 4. The summed E-state index contributed by atoms with van der Waals surface area (Å²) in [6.07, 6.45) is -0.788.